The Morgan fingerprint density at radius 3 is 2.48 bits per heavy atom. The lowest BCUT2D eigenvalue weighted by Gasteiger charge is -2.37. The van der Waals surface area contributed by atoms with E-state index in [0.717, 1.165) is 29.8 Å². The molecule has 0 saturated carbocycles. The van der Waals surface area contributed by atoms with E-state index in [1.54, 1.807) is 6.92 Å². The summed E-state index contributed by atoms with van der Waals surface area (Å²) in [5.74, 6) is -1.83. The molecule has 1 heterocycles. The first-order valence-corrected chi connectivity index (χ1v) is 8.94. The number of ether oxygens (including phenoxy) is 1. The Morgan fingerprint density at radius 1 is 1.26 bits per heavy atom. The number of carboxylic acid groups (broad SMARTS) is 1. The zero-order chi connectivity index (χ0) is 20.6. The van der Waals surface area contributed by atoms with Gasteiger partial charge in [0.2, 0.25) is 5.91 Å². The standard InChI is InChI=1S/C19H29N3O5/c1-6-12(2)13(3)20-14(4)19(26)21-15-9-10-22(11-16(15)27-5)17(23)7-8-18(24)25/h7-8,15-16H,6,9-11H2,1-5H3,(H,21,26)(H,24,25)/b8-7+,13-12+,20-14+/t15?,16-/m0/s1. The van der Waals surface area contributed by atoms with Crippen molar-refractivity contribution in [2.45, 2.75) is 52.7 Å². The highest BCUT2D eigenvalue weighted by Crippen LogP contribution is 2.15. The van der Waals surface area contributed by atoms with Crippen molar-refractivity contribution in [3.63, 3.8) is 0 Å². The minimum absolute atomic E-state index is 0.253. The summed E-state index contributed by atoms with van der Waals surface area (Å²) in [6.45, 7) is 8.23. The smallest absolute Gasteiger partial charge is 0.328 e. The molecule has 0 aliphatic carbocycles. The van der Waals surface area contributed by atoms with E-state index in [-0.39, 0.29) is 24.6 Å². The molecular formula is C19H29N3O5. The first-order valence-electron chi connectivity index (χ1n) is 8.94. The number of methoxy groups -OCH3 is 1. The van der Waals surface area contributed by atoms with Gasteiger partial charge in [0.15, 0.2) is 0 Å². The van der Waals surface area contributed by atoms with E-state index in [1.807, 2.05) is 20.8 Å². The minimum Gasteiger partial charge on any atom is -0.478 e. The number of rotatable bonds is 7. The molecule has 0 bridgehead atoms. The van der Waals surface area contributed by atoms with Crippen LogP contribution in [0.1, 0.15) is 40.5 Å². The fourth-order valence-corrected chi connectivity index (χ4v) is 2.70. The average molecular weight is 379 g/mol. The number of nitrogens with zero attached hydrogens (tertiary/aromatic N) is 2. The van der Waals surface area contributed by atoms with Gasteiger partial charge in [0.05, 0.1) is 12.1 Å². The number of aliphatic imine (C=N–C) groups is 1. The van der Waals surface area contributed by atoms with Crippen LogP contribution in [0.2, 0.25) is 0 Å². The van der Waals surface area contributed by atoms with Crippen molar-refractivity contribution in [1.29, 1.82) is 0 Å². The van der Waals surface area contributed by atoms with Crippen molar-refractivity contribution in [2.75, 3.05) is 20.2 Å². The fraction of sp³-hybridized carbons (Fsp3) is 0.579. The average Bonchev–Trinajstić information content (AvgIpc) is 2.65. The molecule has 0 aromatic heterocycles. The molecule has 0 spiro atoms. The maximum Gasteiger partial charge on any atom is 0.328 e. The number of nitrogens with one attached hydrogen (secondary N) is 1. The predicted molar refractivity (Wildman–Crippen MR) is 102 cm³/mol. The van der Waals surface area contributed by atoms with Crippen LogP contribution in [0.3, 0.4) is 0 Å². The summed E-state index contributed by atoms with van der Waals surface area (Å²) < 4.78 is 5.43. The molecule has 8 heteroatoms. The van der Waals surface area contributed by atoms with Gasteiger partial charge in [-0.25, -0.2) is 4.79 Å². The van der Waals surface area contributed by atoms with Crippen molar-refractivity contribution >= 4 is 23.5 Å². The van der Waals surface area contributed by atoms with Crippen LogP contribution in [0.15, 0.2) is 28.4 Å². The molecule has 1 aliphatic heterocycles. The molecule has 2 amide bonds. The predicted octanol–water partition coefficient (Wildman–Crippen LogP) is 1.52. The van der Waals surface area contributed by atoms with Crippen LogP contribution in [0.25, 0.3) is 0 Å². The summed E-state index contributed by atoms with van der Waals surface area (Å²) in [4.78, 5) is 40.9. The van der Waals surface area contributed by atoms with Crippen LogP contribution in [0.4, 0.5) is 0 Å². The van der Waals surface area contributed by atoms with Gasteiger partial charge in [-0.05, 0) is 33.6 Å². The third-order valence-corrected chi connectivity index (χ3v) is 4.67. The number of allylic oxidation sites excluding steroid dienone is 2. The number of aliphatic carboxylic acids is 1. The zero-order valence-corrected chi connectivity index (χ0v) is 16.6. The Hall–Kier alpha value is -2.48. The number of piperidine rings is 1. The fourth-order valence-electron chi connectivity index (χ4n) is 2.70. The highest BCUT2D eigenvalue weighted by molar-refractivity contribution is 6.38. The molecule has 27 heavy (non-hydrogen) atoms. The second-order valence-electron chi connectivity index (χ2n) is 6.52. The lowest BCUT2D eigenvalue weighted by atomic mass is 10.0. The molecule has 150 valence electrons. The number of hydrogen-bond acceptors (Lipinski definition) is 5. The van der Waals surface area contributed by atoms with Gasteiger partial charge in [0.25, 0.3) is 5.91 Å². The van der Waals surface area contributed by atoms with Crippen molar-refractivity contribution in [1.82, 2.24) is 10.2 Å². The van der Waals surface area contributed by atoms with E-state index in [2.05, 4.69) is 10.3 Å². The van der Waals surface area contributed by atoms with Crippen LogP contribution >= 0.6 is 0 Å². The second kappa shape index (κ2) is 10.6. The maximum atomic E-state index is 12.4. The van der Waals surface area contributed by atoms with Gasteiger partial charge in [-0.15, -0.1) is 0 Å². The number of carbonyl (C=O) groups excluding carboxylic acids is 2. The summed E-state index contributed by atoms with van der Waals surface area (Å²) in [6.07, 6.45) is 2.83. The Kier molecular flexibility index (Phi) is 8.87. The topological polar surface area (TPSA) is 108 Å². The van der Waals surface area contributed by atoms with Gasteiger partial charge >= 0.3 is 5.97 Å². The molecule has 1 fully saturated rings. The van der Waals surface area contributed by atoms with E-state index in [1.165, 1.54) is 12.0 Å². The quantitative estimate of drug-likeness (QED) is 0.515. The van der Waals surface area contributed by atoms with E-state index in [4.69, 9.17) is 9.84 Å². The molecule has 1 saturated heterocycles. The van der Waals surface area contributed by atoms with Crippen LogP contribution in [0.5, 0.6) is 0 Å². The highest BCUT2D eigenvalue weighted by atomic mass is 16.5. The SMILES string of the molecule is CC/C(C)=C(C)/N=C(\C)C(=O)NC1CCN(C(=O)/C=C/C(=O)O)C[C@@H]1OC. The van der Waals surface area contributed by atoms with E-state index in [0.29, 0.717) is 18.7 Å². The molecule has 2 atom stereocenters. The Labute approximate surface area is 160 Å². The van der Waals surface area contributed by atoms with Gasteiger partial charge in [-0.2, -0.15) is 0 Å². The first-order chi connectivity index (χ1) is 12.7. The summed E-state index contributed by atoms with van der Waals surface area (Å²) in [6, 6.07) is -0.253. The monoisotopic (exact) mass is 379 g/mol. The number of carbonyl (C=O) groups is 3. The van der Waals surface area contributed by atoms with E-state index < -0.39 is 11.9 Å². The molecule has 0 radical (unpaired) electrons. The van der Waals surface area contributed by atoms with Crippen molar-refractivity contribution in [3.05, 3.63) is 23.4 Å². The van der Waals surface area contributed by atoms with Crippen LogP contribution in [-0.2, 0) is 19.1 Å². The number of likely N-dealkylation sites (tertiary alicyclic amines) is 1. The molecule has 1 rings (SSSR count). The van der Waals surface area contributed by atoms with E-state index in [9.17, 15) is 14.4 Å². The van der Waals surface area contributed by atoms with Gasteiger partial charge < -0.3 is 20.1 Å². The Morgan fingerprint density at radius 2 is 1.93 bits per heavy atom. The lowest BCUT2D eigenvalue weighted by Crippen LogP contribution is -2.56. The van der Waals surface area contributed by atoms with Gasteiger partial charge in [-0.1, -0.05) is 12.5 Å². The van der Waals surface area contributed by atoms with Crippen molar-refractivity contribution < 1.29 is 24.2 Å². The minimum atomic E-state index is -1.17. The number of amides is 2. The molecule has 2 N–H and O–H groups in total. The van der Waals surface area contributed by atoms with Crippen LogP contribution in [-0.4, -0.2) is 65.8 Å². The Balaban J connectivity index is 2.74. The molecule has 0 aromatic carbocycles. The summed E-state index contributed by atoms with van der Waals surface area (Å²) in [7, 11) is 1.52. The molecular weight excluding hydrogens is 350 g/mol. The number of hydrogen-bond donors (Lipinski definition) is 2. The van der Waals surface area contributed by atoms with Gasteiger partial charge in [0.1, 0.15) is 5.71 Å². The van der Waals surface area contributed by atoms with Crippen LogP contribution < -0.4 is 5.32 Å². The normalized spacial score (nSPS) is 21.8. The molecule has 1 unspecified atom stereocenters. The zero-order valence-electron chi connectivity index (χ0n) is 16.6. The summed E-state index contributed by atoms with van der Waals surface area (Å²) in [5.41, 5.74) is 2.33. The molecule has 8 nitrogen and oxygen atoms in total. The first kappa shape index (κ1) is 22.6. The van der Waals surface area contributed by atoms with Crippen LogP contribution in [0, 0.1) is 0 Å². The van der Waals surface area contributed by atoms with Crippen molar-refractivity contribution in [2.24, 2.45) is 4.99 Å². The second-order valence-corrected chi connectivity index (χ2v) is 6.52. The maximum absolute atomic E-state index is 12.4. The molecule has 1 aliphatic rings. The van der Waals surface area contributed by atoms with Gasteiger partial charge in [0, 0.05) is 38.0 Å². The Bertz CT molecular complexity index is 666. The highest BCUT2D eigenvalue weighted by Gasteiger charge is 2.32. The largest absolute Gasteiger partial charge is 0.478 e. The summed E-state index contributed by atoms with van der Waals surface area (Å²) >= 11 is 0. The third-order valence-electron chi connectivity index (χ3n) is 4.67. The lowest BCUT2D eigenvalue weighted by molar-refractivity contribution is -0.133. The van der Waals surface area contributed by atoms with E-state index >= 15 is 0 Å². The van der Waals surface area contributed by atoms with Crippen molar-refractivity contribution in [3.8, 4) is 0 Å². The summed E-state index contributed by atoms with van der Waals surface area (Å²) in [5, 5.41) is 11.5. The number of carboxylic acids is 1. The third kappa shape index (κ3) is 6.97. The molecule has 0 aromatic rings. The van der Waals surface area contributed by atoms with Gasteiger partial charge in [-0.3, -0.25) is 14.6 Å².